The Morgan fingerprint density at radius 3 is 2.62 bits per heavy atom. The maximum Gasteiger partial charge on any atom is 0.258 e. The zero-order chi connectivity index (χ0) is 21.5. The maximum absolute atomic E-state index is 13.8. The summed E-state index contributed by atoms with van der Waals surface area (Å²) in [5.74, 6) is 1.51. The molecule has 0 N–H and O–H groups in total. The number of benzene rings is 1. The molecular formula is C23H24FN5O3. The average molecular weight is 437 g/mol. The molecular weight excluding hydrogens is 413 g/mol. The highest BCUT2D eigenvalue weighted by Crippen LogP contribution is 2.70. The van der Waals surface area contributed by atoms with Crippen molar-refractivity contribution in [3.63, 3.8) is 0 Å². The van der Waals surface area contributed by atoms with Crippen LogP contribution in [0.4, 0.5) is 4.39 Å². The van der Waals surface area contributed by atoms with E-state index in [1.54, 1.807) is 0 Å². The van der Waals surface area contributed by atoms with Gasteiger partial charge in [0, 0.05) is 30.0 Å². The summed E-state index contributed by atoms with van der Waals surface area (Å²) in [5.41, 5.74) is 0.472. The van der Waals surface area contributed by atoms with Crippen molar-refractivity contribution in [1.29, 1.82) is 0 Å². The van der Waals surface area contributed by atoms with Crippen LogP contribution in [0.15, 0.2) is 28.9 Å². The standard InChI is InChI=1S/C23H24FN5O3/c24-23-11-22(12-23,13-23)21(30)28-5-3-14(4-6-28)19-26-20(32-27-19)15-1-2-16-8-25-29(18(16)7-15)17-9-31-10-17/h1-2,7-8,14,17H,3-6,9-13H2. The topological polar surface area (TPSA) is 86.3 Å². The van der Waals surface area contributed by atoms with Crippen LogP contribution in [0.5, 0.6) is 0 Å². The van der Waals surface area contributed by atoms with Crippen molar-refractivity contribution in [2.45, 2.75) is 49.7 Å². The first-order valence-corrected chi connectivity index (χ1v) is 11.4. The fourth-order valence-corrected chi connectivity index (χ4v) is 5.91. The lowest BCUT2D eigenvalue weighted by Gasteiger charge is -2.65. The molecule has 8 rings (SSSR count). The largest absolute Gasteiger partial charge is 0.377 e. The van der Waals surface area contributed by atoms with Gasteiger partial charge in [0.2, 0.25) is 5.91 Å². The van der Waals surface area contributed by atoms with Crippen LogP contribution >= 0.6 is 0 Å². The van der Waals surface area contributed by atoms with Crippen molar-refractivity contribution >= 4 is 16.8 Å². The molecule has 32 heavy (non-hydrogen) atoms. The summed E-state index contributed by atoms with van der Waals surface area (Å²) in [4.78, 5) is 19.4. The summed E-state index contributed by atoms with van der Waals surface area (Å²) in [6.07, 6.45) is 4.73. The summed E-state index contributed by atoms with van der Waals surface area (Å²) < 4.78 is 26.7. The Morgan fingerprint density at radius 1 is 1.16 bits per heavy atom. The van der Waals surface area contributed by atoms with E-state index in [1.165, 1.54) is 0 Å². The third kappa shape index (κ3) is 2.63. The normalized spacial score (nSPS) is 30.1. The fraction of sp³-hybridized carbons (Fsp3) is 0.565. The molecule has 3 aromatic rings. The third-order valence-corrected chi connectivity index (χ3v) is 7.82. The quantitative estimate of drug-likeness (QED) is 0.623. The van der Waals surface area contributed by atoms with E-state index < -0.39 is 11.1 Å². The van der Waals surface area contributed by atoms with Gasteiger partial charge in [-0.25, -0.2) is 4.39 Å². The third-order valence-electron chi connectivity index (χ3n) is 7.82. The van der Waals surface area contributed by atoms with Crippen molar-refractivity contribution in [3.05, 3.63) is 30.2 Å². The number of fused-ring (bicyclic) bond motifs is 1. The molecule has 0 spiro atoms. The number of ether oxygens (including phenoxy) is 1. The molecule has 9 heteroatoms. The lowest BCUT2D eigenvalue weighted by molar-refractivity contribution is -0.222. The number of carbonyl (C=O) groups is 1. The second kappa shape index (κ2) is 6.37. The number of hydrogen-bond donors (Lipinski definition) is 0. The van der Waals surface area contributed by atoms with Gasteiger partial charge in [0.1, 0.15) is 5.67 Å². The second-order valence-electron chi connectivity index (χ2n) is 10.0. The van der Waals surface area contributed by atoms with Gasteiger partial charge in [0.15, 0.2) is 5.82 Å². The zero-order valence-electron chi connectivity index (χ0n) is 17.7. The fourth-order valence-electron chi connectivity index (χ4n) is 5.91. The molecule has 166 valence electrons. The summed E-state index contributed by atoms with van der Waals surface area (Å²) in [7, 11) is 0. The number of alkyl halides is 1. The highest BCUT2D eigenvalue weighted by Gasteiger charge is 2.73. The maximum atomic E-state index is 13.8. The molecule has 0 unspecified atom stereocenters. The van der Waals surface area contributed by atoms with Crippen LogP contribution in [0.1, 0.15) is 49.9 Å². The molecule has 1 aromatic carbocycles. The molecule has 2 aromatic heterocycles. The number of nitrogens with zero attached hydrogens (tertiary/aromatic N) is 5. The number of aromatic nitrogens is 4. The van der Waals surface area contributed by atoms with E-state index in [9.17, 15) is 9.18 Å². The van der Waals surface area contributed by atoms with Crippen LogP contribution in [0, 0.1) is 5.41 Å². The van der Waals surface area contributed by atoms with Crippen LogP contribution in [0.2, 0.25) is 0 Å². The zero-order valence-corrected chi connectivity index (χ0v) is 17.7. The molecule has 0 atom stereocenters. The predicted molar refractivity (Wildman–Crippen MR) is 112 cm³/mol. The number of amides is 1. The van der Waals surface area contributed by atoms with Gasteiger partial charge in [0.05, 0.1) is 36.4 Å². The van der Waals surface area contributed by atoms with Crippen LogP contribution in [-0.4, -0.2) is 62.7 Å². The SMILES string of the molecule is O=C(N1CCC(c2noc(-c3ccc4cnn(C5COC5)c4c3)n2)CC1)C12CC(F)(C1)C2. The molecule has 8 nitrogen and oxygen atoms in total. The predicted octanol–water partition coefficient (Wildman–Crippen LogP) is 3.26. The number of piperidine rings is 1. The van der Waals surface area contributed by atoms with E-state index in [-0.39, 0.29) is 17.9 Å². The second-order valence-corrected chi connectivity index (χ2v) is 10.0. The van der Waals surface area contributed by atoms with E-state index in [0.29, 0.717) is 57.3 Å². The minimum atomic E-state index is -1.04. The van der Waals surface area contributed by atoms with Gasteiger partial charge in [-0.3, -0.25) is 9.48 Å². The number of rotatable bonds is 4. The van der Waals surface area contributed by atoms with Crippen molar-refractivity contribution in [2.75, 3.05) is 26.3 Å². The Bertz CT molecular complexity index is 1200. The molecule has 2 bridgehead atoms. The molecule has 4 heterocycles. The molecule has 0 radical (unpaired) electrons. The Morgan fingerprint density at radius 2 is 1.94 bits per heavy atom. The van der Waals surface area contributed by atoms with E-state index in [2.05, 4.69) is 15.2 Å². The van der Waals surface area contributed by atoms with E-state index in [1.807, 2.05) is 34.0 Å². The van der Waals surface area contributed by atoms with Crippen molar-refractivity contribution in [1.82, 2.24) is 24.8 Å². The molecule has 3 aliphatic carbocycles. The van der Waals surface area contributed by atoms with Crippen LogP contribution in [0.3, 0.4) is 0 Å². The lowest BCUT2D eigenvalue weighted by Crippen LogP contribution is -2.70. The van der Waals surface area contributed by atoms with Gasteiger partial charge in [-0.15, -0.1) is 0 Å². The minimum Gasteiger partial charge on any atom is -0.377 e. The highest BCUT2D eigenvalue weighted by atomic mass is 19.1. The first-order chi connectivity index (χ1) is 15.5. The number of carbonyl (C=O) groups excluding carboxylic acids is 1. The summed E-state index contributed by atoms with van der Waals surface area (Å²) in [5, 5.41) is 9.82. The first kappa shape index (κ1) is 18.7. The molecule has 5 fully saturated rings. The van der Waals surface area contributed by atoms with E-state index in [0.717, 1.165) is 29.3 Å². The number of hydrogen-bond acceptors (Lipinski definition) is 6. The number of likely N-dealkylation sites (tertiary alicyclic amines) is 1. The van der Waals surface area contributed by atoms with Crippen LogP contribution < -0.4 is 0 Å². The van der Waals surface area contributed by atoms with Gasteiger partial charge in [-0.1, -0.05) is 11.2 Å². The number of halogens is 1. The lowest BCUT2D eigenvalue weighted by atomic mass is 9.42. The van der Waals surface area contributed by atoms with Crippen molar-refractivity contribution < 1.29 is 18.4 Å². The summed E-state index contributed by atoms with van der Waals surface area (Å²) in [6, 6.07) is 6.31. The Hall–Kier alpha value is -2.81. The van der Waals surface area contributed by atoms with Gasteiger partial charge in [0.25, 0.3) is 5.89 Å². The van der Waals surface area contributed by atoms with Crippen LogP contribution in [-0.2, 0) is 9.53 Å². The highest BCUT2D eigenvalue weighted by molar-refractivity contribution is 5.87. The Labute approximate surface area is 183 Å². The van der Waals surface area contributed by atoms with Gasteiger partial charge in [-0.2, -0.15) is 10.1 Å². The molecule has 3 saturated carbocycles. The smallest absolute Gasteiger partial charge is 0.258 e. The first-order valence-electron chi connectivity index (χ1n) is 11.4. The van der Waals surface area contributed by atoms with E-state index in [4.69, 9.17) is 9.26 Å². The Kier molecular flexibility index (Phi) is 3.73. The Balaban J connectivity index is 1.05. The molecule has 2 saturated heterocycles. The molecule has 2 aliphatic heterocycles. The van der Waals surface area contributed by atoms with E-state index >= 15 is 0 Å². The van der Waals surface area contributed by atoms with Crippen LogP contribution in [0.25, 0.3) is 22.4 Å². The monoisotopic (exact) mass is 437 g/mol. The van der Waals surface area contributed by atoms with Crippen molar-refractivity contribution in [2.24, 2.45) is 5.41 Å². The minimum absolute atomic E-state index is 0.144. The van der Waals surface area contributed by atoms with Gasteiger partial charge >= 0.3 is 0 Å². The average Bonchev–Trinajstić information content (AvgIpc) is 3.37. The van der Waals surface area contributed by atoms with Gasteiger partial charge < -0.3 is 14.2 Å². The molecule has 1 amide bonds. The molecule has 5 aliphatic rings. The summed E-state index contributed by atoms with van der Waals surface area (Å²) in [6.45, 7) is 2.71. The van der Waals surface area contributed by atoms with Crippen molar-refractivity contribution in [3.8, 4) is 11.5 Å². The van der Waals surface area contributed by atoms with Gasteiger partial charge in [-0.05, 0) is 44.2 Å². The summed E-state index contributed by atoms with van der Waals surface area (Å²) >= 11 is 0.